The first-order valence-electron chi connectivity index (χ1n) is 10.1. The van der Waals surface area contributed by atoms with E-state index in [0.29, 0.717) is 28.9 Å². The van der Waals surface area contributed by atoms with Crippen LogP contribution in [0.5, 0.6) is 5.75 Å². The third kappa shape index (κ3) is 3.01. The summed E-state index contributed by atoms with van der Waals surface area (Å²) >= 11 is 6.32. The zero-order valence-corrected chi connectivity index (χ0v) is 17.0. The summed E-state index contributed by atoms with van der Waals surface area (Å²) in [6.45, 7) is 0.469. The van der Waals surface area contributed by atoms with Gasteiger partial charge in [-0.3, -0.25) is 5.01 Å². The summed E-state index contributed by atoms with van der Waals surface area (Å²) in [5.41, 5.74) is 3.29. The molecule has 0 bridgehead atoms. The Morgan fingerprint density at radius 2 is 2.03 bits per heavy atom. The summed E-state index contributed by atoms with van der Waals surface area (Å²) in [4.78, 5) is 11.3. The fraction of sp³-hybridized carbons (Fsp3) is 0.348. The maximum Gasteiger partial charge on any atom is 0.335 e. The molecule has 6 nitrogen and oxygen atoms in total. The molecule has 0 unspecified atom stereocenters. The van der Waals surface area contributed by atoms with Crippen LogP contribution >= 0.6 is 11.6 Å². The number of anilines is 1. The summed E-state index contributed by atoms with van der Waals surface area (Å²) in [6, 6.07) is 12.6. The van der Waals surface area contributed by atoms with Crippen molar-refractivity contribution in [3.8, 4) is 11.8 Å². The van der Waals surface area contributed by atoms with E-state index in [0.717, 1.165) is 29.8 Å². The minimum absolute atomic E-state index is 0.102. The third-order valence-electron chi connectivity index (χ3n) is 6.40. The highest BCUT2D eigenvalue weighted by Gasteiger charge is 2.46. The number of ether oxygens (including phenoxy) is 1. The Kier molecular flexibility index (Phi) is 4.63. The Morgan fingerprint density at radius 3 is 2.73 bits per heavy atom. The first kappa shape index (κ1) is 19.0. The van der Waals surface area contributed by atoms with Crippen LogP contribution in [0, 0.1) is 23.2 Å². The number of carboxylic acids is 1. The zero-order chi connectivity index (χ0) is 20.8. The van der Waals surface area contributed by atoms with Crippen molar-refractivity contribution in [1.82, 2.24) is 0 Å². The van der Waals surface area contributed by atoms with Crippen molar-refractivity contribution in [2.45, 2.75) is 31.7 Å². The van der Waals surface area contributed by atoms with Crippen molar-refractivity contribution in [2.75, 3.05) is 11.6 Å². The van der Waals surface area contributed by atoms with E-state index in [1.54, 1.807) is 30.3 Å². The second kappa shape index (κ2) is 7.33. The molecule has 7 heteroatoms. The van der Waals surface area contributed by atoms with Crippen LogP contribution in [-0.4, -0.2) is 29.4 Å². The third-order valence-corrected chi connectivity index (χ3v) is 6.72. The number of rotatable bonds is 3. The number of carboxylic acid groups (broad SMARTS) is 1. The van der Waals surface area contributed by atoms with Crippen LogP contribution in [0.25, 0.3) is 0 Å². The number of halogens is 1. The van der Waals surface area contributed by atoms with Gasteiger partial charge in [0.05, 0.1) is 46.1 Å². The SMILES string of the molecule is N#Cc1ccc(N2N=C3c4ccc(C(=O)O)cc4OC[C@H]3[C@H]2C2CCCC2)cc1Cl. The van der Waals surface area contributed by atoms with Gasteiger partial charge in [-0.15, -0.1) is 0 Å². The number of nitrogens with zero attached hydrogens (tertiary/aromatic N) is 3. The highest BCUT2D eigenvalue weighted by Crippen LogP contribution is 2.44. The molecule has 1 N–H and O–H groups in total. The average Bonchev–Trinajstić information content (AvgIpc) is 3.40. The molecule has 0 aromatic heterocycles. The number of aromatic carboxylic acids is 1. The fourth-order valence-electron chi connectivity index (χ4n) is 4.98. The summed E-state index contributed by atoms with van der Waals surface area (Å²) in [7, 11) is 0. The molecule has 0 spiro atoms. The summed E-state index contributed by atoms with van der Waals surface area (Å²) in [5.74, 6) is 0.184. The fourth-order valence-corrected chi connectivity index (χ4v) is 5.20. The van der Waals surface area contributed by atoms with E-state index < -0.39 is 5.97 Å². The van der Waals surface area contributed by atoms with Gasteiger partial charge in [-0.2, -0.15) is 10.4 Å². The molecule has 2 aromatic rings. The first-order chi connectivity index (χ1) is 14.6. The average molecular weight is 422 g/mol. The Bertz CT molecular complexity index is 1100. The molecule has 2 heterocycles. The van der Waals surface area contributed by atoms with Crippen molar-refractivity contribution < 1.29 is 14.6 Å². The lowest BCUT2D eigenvalue weighted by Crippen LogP contribution is -2.43. The van der Waals surface area contributed by atoms with Crippen molar-refractivity contribution in [1.29, 1.82) is 5.26 Å². The Labute approximate surface area is 179 Å². The molecule has 30 heavy (non-hydrogen) atoms. The van der Waals surface area contributed by atoms with Gasteiger partial charge in [0.1, 0.15) is 11.8 Å². The maximum atomic E-state index is 11.3. The van der Waals surface area contributed by atoms with Gasteiger partial charge in [0.2, 0.25) is 0 Å². The smallest absolute Gasteiger partial charge is 0.335 e. The molecule has 0 saturated heterocycles. The lowest BCUT2D eigenvalue weighted by Gasteiger charge is -2.34. The van der Waals surface area contributed by atoms with E-state index in [2.05, 4.69) is 6.07 Å². The van der Waals surface area contributed by atoms with Gasteiger partial charge in [-0.1, -0.05) is 24.4 Å². The Morgan fingerprint density at radius 1 is 1.23 bits per heavy atom. The van der Waals surface area contributed by atoms with Gasteiger partial charge < -0.3 is 9.84 Å². The van der Waals surface area contributed by atoms with E-state index >= 15 is 0 Å². The number of benzene rings is 2. The highest BCUT2D eigenvalue weighted by atomic mass is 35.5. The molecular formula is C23H20ClN3O3. The van der Waals surface area contributed by atoms with Gasteiger partial charge in [-0.25, -0.2) is 4.79 Å². The normalized spacial score (nSPS) is 22.7. The molecule has 0 radical (unpaired) electrons. The summed E-state index contributed by atoms with van der Waals surface area (Å²) in [5, 5.41) is 26.0. The van der Waals surface area contributed by atoms with Crippen LogP contribution in [-0.2, 0) is 0 Å². The highest BCUT2D eigenvalue weighted by molar-refractivity contribution is 6.32. The summed E-state index contributed by atoms with van der Waals surface area (Å²) < 4.78 is 6.02. The molecule has 152 valence electrons. The molecule has 2 atom stereocenters. The van der Waals surface area contributed by atoms with Crippen molar-refractivity contribution >= 4 is 29.0 Å². The predicted molar refractivity (Wildman–Crippen MR) is 113 cm³/mol. The first-order valence-corrected chi connectivity index (χ1v) is 10.5. The number of hydrogen-bond donors (Lipinski definition) is 1. The van der Waals surface area contributed by atoms with E-state index in [4.69, 9.17) is 21.4 Å². The van der Waals surface area contributed by atoms with Crippen LogP contribution in [0.15, 0.2) is 41.5 Å². The van der Waals surface area contributed by atoms with Gasteiger partial charge in [0, 0.05) is 5.56 Å². The monoisotopic (exact) mass is 421 g/mol. The molecule has 1 fully saturated rings. The van der Waals surface area contributed by atoms with Crippen LogP contribution < -0.4 is 9.75 Å². The van der Waals surface area contributed by atoms with E-state index in [-0.39, 0.29) is 17.5 Å². The van der Waals surface area contributed by atoms with Gasteiger partial charge in [-0.05, 0) is 55.2 Å². The molecule has 5 rings (SSSR count). The van der Waals surface area contributed by atoms with Crippen molar-refractivity contribution in [3.05, 3.63) is 58.1 Å². The van der Waals surface area contributed by atoms with Gasteiger partial charge >= 0.3 is 5.97 Å². The Balaban J connectivity index is 1.59. The van der Waals surface area contributed by atoms with E-state index in [1.807, 2.05) is 11.1 Å². The second-order valence-corrected chi connectivity index (χ2v) is 8.48. The van der Waals surface area contributed by atoms with Crippen LogP contribution in [0.3, 0.4) is 0 Å². The number of fused-ring (bicyclic) bond motifs is 3. The number of hydrogen-bond acceptors (Lipinski definition) is 5. The molecular weight excluding hydrogens is 402 g/mol. The standard InChI is InChI=1S/C23H20ClN3O3/c24-19-10-16(7-5-15(19)11-25)27-22(13-3-1-2-4-13)18-12-30-20-9-14(23(28)29)6-8-17(20)21(18)26-27/h5-10,13,18,22H,1-4,12H2,(H,28,29)/t18-,22-/m1/s1. The number of carbonyl (C=O) groups is 1. The topological polar surface area (TPSA) is 85.9 Å². The van der Waals surface area contributed by atoms with Crippen LogP contribution in [0.4, 0.5) is 5.69 Å². The second-order valence-electron chi connectivity index (χ2n) is 8.07. The molecule has 1 aliphatic carbocycles. The lowest BCUT2D eigenvalue weighted by molar-refractivity contribution is 0.0696. The molecule has 2 aromatic carbocycles. The van der Waals surface area contributed by atoms with E-state index in [1.165, 1.54) is 12.8 Å². The minimum atomic E-state index is -0.977. The van der Waals surface area contributed by atoms with Crippen LogP contribution in [0.1, 0.15) is 47.2 Å². The molecule has 3 aliphatic rings. The maximum absolute atomic E-state index is 11.3. The van der Waals surface area contributed by atoms with Gasteiger partial charge in [0.25, 0.3) is 0 Å². The largest absolute Gasteiger partial charge is 0.492 e. The minimum Gasteiger partial charge on any atom is -0.492 e. The zero-order valence-electron chi connectivity index (χ0n) is 16.2. The lowest BCUT2D eigenvalue weighted by atomic mass is 9.81. The number of hydrazone groups is 1. The van der Waals surface area contributed by atoms with Crippen LogP contribution in [0.2, 0.25) is 5.02 Å². The number of nitriles is 1. The quantitative estimate of drug-likeness (QED) is 0.776. The predicted octanol–water partition coefficient (Wildman–Crippen LogP) is 4.70. The Hall–Kier alpha value is -3.04. The molecule has 2 aliphatic heterocycles. The van der Waals surface area contributed by atoms with Gasteiger partial charge in [0.15, 0.2) is 0 Å². The van der Waals surface area contributed by atoms with E-state index in [9.17, 15) is 15.2 Å². The van der Waals surface area contributed by atoms with Crippen molar-refractivity contribution in [2.24, 2.45) is 16.9 Å². The van der Waals surface area contributed by atoms with Crippen molar-refractivity contribution in [3.63, 3.8) is 0 Å². The summed E-state index contributed by atoms with van der Waals surface area (Å²) in [6.07, 6.45) is 4.72. The molecule has 1 saturated carbocycles. The molecule has 0 amide bonds.